The minimum Gasteiger partial charge on any atom is -0.378 e. The minimum atomic E-state index is -1.07. The molecule has 0 radical (unpaired) electrons. The van der Waals surface area contributed by atoms with Crippen molar-refractivity contribution < 1.29 is 9.90 Å². The molecular weight excluding hydrogens is 290 g/mol. The van der Waals surface area contributed by atoms with Crippen LogP contribution >= 0.6 is 0 Å². The largest absolute Gasteiger partial charge is 0.378 e. The van der Waals surface area contributed by atoms with Crippen LogP contribution in [0.5, 0.6) is 0 Å². The maximum absolute atomic E-state index is 12.3. The first-order valence-electron chi connectivity index (χ1n) is 7.42. The normalized spacial score (nSPS) is 12.2. The first-order chi connectivity index (χ1) is 10.7. The molecule has 120 valence electrons. The van der Waals surface area contributed by atoms with Gasteiger partial charge in [0.1, 0.15) is 11.4 Å². The lowest BCUT2D eigenvalue weighted by Gasteiger charge is -2.11. The number of aliphatic hydroxyl groups is 1. The fourth-order valence-corrected chi connectivity index (χ4v) is 1.96. The van der Waals surface area contributed by atoms with Crippen molar-refractivity contribution in [3.63, 3.8) is 0 Å². The summed E-state index contributed by atoms with van der Waals surface area (Å²) >= 11 is 0. The number of nitrogens with one attached hydrogen (secondary N) is 2. The van der Waals surface area contributed by atoms with E-state index in [1.54, 1.807) is 44.3 Å². The zero-order valence-corrected chi connectivity index (χ0v) is 13.8. The summed E-state index contributed by atoms with van der Waals surface area (Å²) in [5.41, 5.74) is 1.08. The van der Waals surface area contributed by atoms with E-state index in [1.165, 1.54) is 0 Å². The molecule has 1 aromatic heterocycles. The molecule has 5 heteroatoms. The van der Waals surface area contributed by atoms with Gasteiger partial charge in [0.2, 0.25) is 0 Å². The van der Waals surface area contributed by atoms with E-state index in [1.807, 2.05) is 13.8 Å². The molecule has 0 spiro atoms. The monoisotopic (exact) mass is 311 g/mol. The maximum Gasteiger partial charge on any atom is 0.251 e. The van der Waals surface area contributed by atoms with E-state index in [4.69, 9.17) is 0 Å². The van der Waals surface area contributed by atoms with Crippen molar-refractivity contribution in [3.8, 4) is 11.8 Å². The highest BCUT2D eigenvalue weighted by molar-refractivity contribution is 5.94. The Balaban J connectivity index is 2.12. The molecule has 1 atom stereocenters. The van der Waals surface area contributed by atoms with Gasteiger partial charge in [0, 0.05) is 23.0 Å². The second-order valence-electron chi connectivity index (χ2n) is 6.04. The molecule has 5 nitrogen and oxygen atoms in total. The summed E-state index contributed by atoms with van der Waals surface area (Å²) in [6, 6.07) is 6.78. The van der Waals surface area contributed by atoms with Crippen LogP contribution in [-0.4, -0.2) is 26.6 Å². The van der Waals surface area contributed by atoms with Crippen LogP contribution in [0.3, 0.4) is 0 Å². The van der Waals surface area contributed by atoms with E-state index >= 15 is 0 Å². The first kappa shape index (κ1) is 16.8. The lowest BCUT2D eigenvalue weighted by Crippen LogP contribution is -2.27. The van der Waals surface area contributed by atoms with Gasteiger partial charge < -0.3 is 15.4 Å². The molecule has 0 aliphatic carbocycles. The van der Waals surface area contributed by atoms with E-state index in [-0.39, 0.29) is 11.9 Å². The summed E-state index contributed by atoms with van der Waals surface area (Å²) in [4.78, 5) is 19.7. The van der Waals surface area contributed by atoms with E-state index in [9.17, 15) is 9.90 Å². The van der Waals surface area contributed by atoms with Crippen LogP contribution in [-0.2, 0) is 0 Å². The van der Waals surface area contributed by atoms with Crippen LogP contribution in [0.15, 0.2) is 30.5 Å². The van der Waals surface area contributed by atoms with Gasteiger partial charge >= 0.3 is 0 Å². The molecule has 1 amide bonds. The zero-order chi connectivity index (χ0) is 17.0. The number of carbonyl (C=O) groups excluding carboxylic acids is 1. The number of nitrogens with zero attached hydrogens (tertiary/aromatic N) is 1. The molecule has 1 heterocycles. The Morgan fingerprint density at radius 3 is 2.78 bits per heavy atom. The van der Waals surface area contributed by atoms with E-state index in [0.717, 1.165) is 5.69 Å². The highest BCUT2D eigenvalue weighted by atomic mass is 16.3. The molecule has 23 heavy (non-hydrogen) atoms. The smallest absolute Gasteiger partial charge is 0.251 e. The van der Waals surface area contributed by atoms with Crippen LogP contribution in [0.25, 0.3) is 0 Å². The molecule has 0 saturated heterocycles. The van der Waals surface area contributed by atoms with Gasteiger partial charge in [0.15, 0.2) is 0 Å². The Bertz CT molecular complexity index is 760. The third-order valence-corrected chi connectivity index (χ3v) is 3.12. The predicted octanol–water partition coefficient (Wildman–Crippen LogP) is 2.33. The Labute approximate surface area is 136 Å². The number of carbonyl (C=O) groups is 1. The van der Waals surface area contributed by atoms with Crippen molar-refractivity contribution in [2.24, 2.45) is 0 Å². The van der Waals surface area contributed by atoms with Gasteiger partial charge in [0.05, 0.1) is 6.04 Å². The summed E-state index contributed by atoms with van der Waals surface area (Å²) < 4.78 is 0. The predicted molar refractivity (Wildman–Crippen MR) is 88.8 cm³/mol. The second-order valence-corrected chi connectivity index (χ2v) is 6.04. The lowest BCUT2D eigenvalue weighted by atomic mass is 10.1. The summed E-state index contributed by atoms with van der Waals surface area (Å²) in [6.45, 7) is 7.01. The molecule has 0 fully saturated rings. The summed E-state index contributed by atoms with van der Waals surface area (Å²) in [7, 11) is 0. The van der Waals surface area contributed by atoms with Gasteiger partial charge in [-0.1, -0.05) is 17.9 Å². The highest BCUT2D eigenvalue weighted by Gasteiger charge is 2.14. The van der Waals surface area contributed by atoms with Gasteiger partial charge in [-0.05, 0) is 45.9 Å². The lowest BCUT2D eigenvalue weighted by molar-refractivity contribution is 0.0938. The standard InChI is InChI=1S/C18H21N3O2/c1-12-11-19-16(20-12)13(2)21-17(22)15-7-5-6-14(10-15)8-9-18(3,4)23/h5-7,10-11,13,23H,1-4H3,(H,19,20)(H,21,22)/t13-/m0/s1. The Hall–Kier alpha value is -2.58. The molecular formula is C18H21N3O2. The number of benzene rings is 1. The van der Waals surface area contributed by atoms with Gasteiger partial charge in [-0.3, -0.25) is 4.79 Å². The number of aryl methyl sites for hydroxylation is 1. The number of hydrogen-bond acceptors (Lipinski definition) is 3. The number of amides is 1. The number of H-pyrrole nitrogens is 1. The molecule has 2 rings (SSSR count). The highest BCUT2D eigenvalue weighted by Crippen LogP contribution is 2.11. The summed E-state index contributed by atoms with van der Waals surface area (Å²) in [6.07, 6.45) is 1.73. The average Bonchev–Trinajstić information content (AvgIpc) is 2.91. The third kappa shape index (κ3) is 4.97. The third-order valence-electron chi connectivity index (χ3n) is 3.12. The van der Waals surface area contributed by atoms with Gasteiger partial charge in [-0.25, -0.2) is 4.98 Å². The van der Waals surface area contributed by atoms with Crippen LogP contribution in [0.2, 0.25) is 0 Å². The Kier molecular flexibility index (Phi) is 4.87. The van der Waals surface area contributed by atoms with Crippen LogP contribution < -0.4 is 5.32 Å². The van der Waals surface area contributed by atoms with Crippen molar-refractivity contribution in [2.45, 2.75) is 39.3 Å². The molecule has 3 N–H and O–H groups in total. The fraction of sp³-hybridized carbons (Fsp3) is 0.333. The topological polar surface area (TPSA) is 78.0 Å². The maximum atomic E-state index is 12.3. The molecule has 2 aromatic rings. The first-order valence-corrected chi connectivity index (χ1v) is 7.42. The molecule has 0 aliphatic heterocycles. The van der Waals surface area contributed by atoms with Gasteiger partial charge in [-0.2, -0.15) is 0 Å². The van der Waals surface area contributed by atoms with Crippen molar-refractivity contribution in [3.05, 3.63) is 53.1 Å². The second kappa shape index (κ2) is 6.67. The van der Waals surface area contributed by atoms with E-state index < -0.39 is 5.60 Å². The van der Waals surface area contributed by atoms with Crippen LogP contribution in [0.1, 0.15) is 54.3 Å². The van der Waals surface area contributed by atoms with Crippen LogP contribution in [0.4, 0.5) is 0 Å². The number of hydrogen-bond donors (Lipinski definition) is 3. The van der Waals surface area contributed by atoms with Crippen molar-refractivity contribution in [1.29, 1.82) is 0 Å². The molecule has 0 aliphatic rings. The average molecular weight is 311 g/mol. The van der Waals surface area contributed by atoms with Gasteiger partial charge in [-0.15, -0.1) is 0 Å². The van der Waals surface area contributed by atoms with E-state index in [2.05, 4.69) is 27.1 Å². The van der Waals surface area contributed by atoms with Crippen LogP contribution in [0, 0.1) is 18.8 Å². The Morgan fingerprint density at radius 2 is 2.17 bits per heavy atom. The minimum absolute atomic E-state index is 0.196. The Morgan fingerprint density at radius 1 is 1.43 bits per heavy atom. The summed E-state index contributed by atoms with van der Waals surface area (Å²) in [5, 5.41) is 12.5. The number of imidazole rings is 1. The SMILES string of the molecule is Cc1cnc([C@H](C)NC(=O)c2cccc(C#CC(C)(C)O)c2)[nH]1. The fourth-order valence-electron chi connectivity index (χ4n) is 1.96. The van der Waals surface area contributed by atoms with E-state index in [0.29, 0.717) is 17.0 Å². The van der Waals surface area contributed by atoms with Crippen molar-refractivity contribution in [1.82, 2.24) is 15.3 Å². The number of aromatic amines is 1. The molecule has 0 saturated carbocycles. The number of aromatic nitrogens is 2. The quantitative estimate of drug-likeness (QED) is 0.761. The summed E-state index contributed by atoms with van der Waals surface area (Å²) in [5.74, 6) is 6.12. The molecule has 1 aromatic carbocycles. The van der Waals surface area contributed by atoms with Crippen molar-refractivity contribution >= 4 is 5.91 Å². The van der Waals surface area contributed by atoms with Gasteiger partial charge in [0.25, 0.3) is 5.91 Å². The molecule has 0 bridgehead atoms. The number of rotatable bonds is 3. The van der Waals surface area contributed by atoms with Crippen molar-refractivity contribution in [2.75, 3.05) is 0 Å². The molecule has 0 unspecified atom stereocenters. The zero-order valence-electron chi connectivity index (χ0n) is 13.8.